The Morgan fingerprint density at radius 3 is 2.55 bits per heavy atom. The molecule has 2 aliphatic carbocycles. The second kappa shape index (κ2) is 5.56. The molecule has 156 valence electrons. The summed E-state index contributed by atoms with van der Waals surface area (Å²) in [6.45, 7) is 0.915. The van der Waals surface area contributed by atoms with Crippen molar-refractivity contribution in [2.75, 3.05) is 13.6 Å². The standard InChI is InChI=1S/C25H22N2O4/c1-26-11-10-25-16-7-8-17(27-23(29)14-4-2-3-5-15(14)24(27)30)22(25)31-21-19(28)9-6-13(20(21)25)12-18(16)26/h2-9,16-18,22,28H,10-12H2,1H3/t16-,17+,18+,22-,25-/m0/s1. The minimum atomic E-state index is -0.509. The minimum Gasteiger partial charge on any atom is -0.504 e. The van der Waals surface area contributed by atoms with Gasteiger partial charge in [-0.2, -0.15) is 0 Å². The molecule has 1 spiro atoms. The lowest BCUT2D eigenvalue weighted by Crippen LogP contribution is -2.67. The van der Waals surface area contributed by atoms with Crippen molar-refractivity contribution in [1.29, 1.82) is 0 Å². The third-order valence-electron chi connectivity index (χ3n) is 8.27. The molecule has 5 atom stereocenters. The molecule has 3 heterocycles. The summed E-state index contributed by atoms with van der Waals surface area (Å²) >= 11 is 0. The molecule has 3 aliphatic heterocycles. The van der Waals surface area contributed by atoms with Crippen LogP contribution in [0.15, 0.2) is 48.6 Å². The predicted octanol–water partition coefficient (Wildman–Crippen LogP) is 2.50. The number of carbonyl (C=O) groups excluding carboxylic acids is 2. The van der Waals surface area contributed by atoms with E-state index in [-0.39, 0.29) is 28.9 Å². The summed E-state index contributed by atoms with van der Waals surface area (Å²) in [6.07, 6.45) is 5.57. The third kappa shape index (κ3) is 1.89. The Kier molecular flexibility index (Phi) is 3.15. The zero-order valence-corrected chi connectivity index (χ0v) is 17.1. The number of aromatic hydroxyl groups is 1. The maximum Gasteiger partial charge on any atom is 0.262 e. The van der Waals surface area contributed by atoms with Gasteiger partial charge >= 0.3 is 0 Å². The summed E-state index contributed by atoms with van der Waals surface area (Å²) < 4.78 is 6.50. The Bertz CT molecular complexity index is 1180. The van der Waals surface area contributed by atoms with Gasteiger partial charge in [0.05, 0.1) is 17.2 Å². The highest BCUT2D eigenvalue weighted by molar-refractivity contribution is 6.21. The number of nitrogens with zero attached hydrogens (tertiary/aromatic N) is 2. The van der Waals surface area contributed by atoms with E-state index in [0.717, 1.165) is 24.9 Å². The Morgan fingerprint density at radius 1 is 1.06 bits per heavy atom. The molecule has 1 fully saturated rings. The Hall–Kier alpha value is -3.12. The van der Waals surface area contributed by atoms with E-state index in [1.165, 1.54) is 10.5 Å². The van der Waals surface area contributed by atoms with Gasteiger partial charge in [-0.05, 0) is 50.2 Å². The molecule has 6 heteroatoms. The molecule has 2 amide bonds. The molecule has 0 saturated carbocycles. The smallest absolute Gasteiger partial charge is 0.262 e. The summed E-state index contributed by atoms with van der Waals surface area (Å²) in [7, 11) is 2.17. The van der Waals surface area contributed by atoms with Crippen LogP contribution in [0.5, 0.6) is 11.5 Å². The molecule has 31 heavy (non-hydrogen) atoms. The van der Waals surface area contributed by atoms with Crippen molar-refractivity contribution in [3.63, 3.8) is 0 Å². The molecule has 0 unspecified atom stereocenters. The van der Waals surface area contributed by atoms with E-state index in [1.807, 2.05) is 12.1 Å². The van der Waals surface area contributed by atoms with Crippen molar-refractivity contribution in [1.82, 2.24) is 9.80 Å². The highest BCUT2D eigenvalue weighted by Gasteiger charge is 2.66. The molecule has 2 bridgehead atoms. The fourth-order valence-corrected chi connectivity index (χ4v) is 6.94. The molecule has 1 N–H and O–H groups in total. The number of ether oxygens (including phenoxy) is 1. The predicted molar refractivity (Wildman–Crippen MR) is 112 cm³/mol. The number of imide groups is 1. The quantitative estimate of drug-likeness (QED) is 0.574. The van der Waals surface area contributed by atoms with Gasteiger partial charge in [-0.1, -0.05) is 30.4 Å². The molecule has 7 rings (SSSR count). The number of likely N-dealkylation sites (tertiary alicyclic amines) is 1. The summed E-state index contributed by atoms with van der Waals surface area (Å²) in [5.74, 6) is 0.364. The Balaban J connectivity index is 1.42. The first-order valence-corrected chi connectivity index (χ1v) is 10.9. The van der Waals surface area contributed by atoms with Crippen LogP contribution in [0.25, 0.3) is 0 Å². The van der Waals surface area contributed by atoms with Gasteiger partial charge in [0.15, 0.2) is 11.5 Å². The number of rotatable bonds is 1. The number of phenols is 1. The molecule has 0 aromatic heterocycles. The van der Waals surface area contributed by atoms with Crippen molar-refractivity contribution in [3.8, 4) is 11.5 Å². The van der Waals surface area contributed by atoms with Gasteiger partial charge < -0.3 is 14.7 Å². The lowest BCUT2D eigenvalue weighted by Gasteiger charge is -2.57. The van der Waals surface area contributed by atoms with E-state index in [2.05, 4.69) is 18.0 Å². The average molecular weight is 414 g/mol. The van der Waals surface area contributed by atoms with Gasteiger partial charge in [0.2, 0.25) is 0 Å². The monoisotopic (exact) mass is 414 g/mol. The van der Waals surface area contributed by atoms with Crippen LogP contribution in [0.3, 0.4) is 0 Å². The maximum atomic E-state index is 13.3. The Labute approximate surface area is 179 Å². The molecule has 5 aliphatic rings. The first-order chi connectivity index (χ1) is 15.0. The average Bonchev–Trinajstić information content (AvgIpc) is 3.25. The topological polar surface area (TPSA) is 70.1 Å². The molecule has 2 aromatic rings. The number of likely N-dealkylation sites (N-methyl/N-ethyl adjacent to an activating group) is 1. The summed E-state index contributed by atoms with van der Waals surface area (Å²) in [5.41, 5.74) is 2.86. The van der Waals surface area contributed by atoms with Crippen LogP contribution < -0.4 is 4.74 Å². The highest BCUT2D eigenvalue weighted by atomic mass is 16.5. The van der Waals surface area contributed by atoms with E-state index in [0.29, 0.717) is 22.9 Å². The number of hydrogen-bond donors (Lipinski definition) is 1. The number of fused-ring (bicyclic) bond motifs is 1. The summed E-state index contributed by atoms with van der Waals surface area (Å²) in [4.78, 5) is 30.3. The van der Waals surface area contributed by atoms with E-state index in [9.17, 15) is 14.7 Å². The molecular weight excluding hydrogens is 392 g/mol. The van der Waals surface area contributed by atoms with Crippen LogP contribution in [0.4, 0.5) is 0 Å². The van der Waals surface area contributed by atoms with Crippen molar-refractivity contribution >= 4 is 11.8 Å². The number of benzene rings is 2. The normalized spacial score (nSPS) is 34.5. The van der Waals surface area contributed by atoms with E-state index in [1.54, 1.807) is 30.3 Å². The largest absolute Gasteiger partial charge is 0.504 e. The number of amides is 2. The highest BCUT2D eigenvalue weighted by Crippen LogP contribution is 2.62. The van der Waals surface area contributed by atoms with E-state index < -0.39 is 12.1 Å². The van der Waals surface area contributed by atoms with Gasteiger partial charge in [0, 0.05) is 22.9 Å². The molecule has 2 aromatic carbocycles. The van der Waals surface area contributed by atoms with Gasteiger partial charge in [-0.3, -0.25) is 14.5 Å². The van der Waals surface area contributed by atoms with Gasteiger partial charge in [-0.15, -0.1) is 0 Å². The van der Waals surface area contributed by atoms with E-state index >= 15 is 0 Å². The fraction of sp³-hybridized carbons (Fsp3) is 0.360. The van der Waals surface area contributed by atoms with Crippen LogP contribution in [0.1, 0.15) is 38.3 Å². The second-order valence-corrected chi connectivity index (χ2v) is 9.46. The number of piperidine rings is 1. The zero-order chi connectivity index (χ0) is 21.1. The first-order valence-electron chi connectivity index (χ1n) is 10.9. The second-order valence-electron chi connectivity index (χ2n) is 9.46. The molecule has 1 saturated heterocycles. The summed E-state index contributed by atoms with van der Waals surface area (Å²) in [5, 5.41) is 10.7. The third-order valence-corrected chi connectivity index (χ3v) is 8.27. The van der Waals surface area contributed by atoms with Crippen molar-refractivity contribution in [2.24, 2.45) is 5.92 Å². The molecule has 0 radical (unpaired) electrons. The minimum absolute atomic E-state index is 0.139. The Morgan fingerprint density at radius 2 is 1.81 bits per heavy atom. The lowest BCUT2D eigenvalue weighted by molar-refractivity contribution is -0.0241. The van der Waals surface area contributed by atoms with Gasteiger partial charge in [0.1, 0.15) is 6.10 Å². The number of phenolic OH excluding ortho intramolecular Hbond substituents is 1. The van der Waals surface area contributed by atoms with E-state index in [4.69, 9.17) is 4.74 Å². The van der Waals surface area contributed by atoms with Crippen LogP contribution >= 0.6 is 0 Å². The van der Waals surface area contributed by atoms with Crippen LogP contribution in [0.2, 0.25) is 0 Å². The van der Waals surface area contributed by atoms with Gasteiger partial charge in [0.25, 0.3) is 11.8 Å². The SMILES string of the molecule is CN1CC[C@]23c4c5ccc(O)c4O[C@H]2[C@H](N2C(=O)c4ccccc4C2=O)C=C[C@H]3[C@H]1C5. The van der Waals surface area contributed by atoms with Crippen LogP contribution in [-0.4, -0.2) is 58.5 Å². The van der Waals surface area contributed by atoms with Crippen LogP contribution in [0, 0.1) is 5.92 Å². The van der Waals surface area contributed by atoms with Gasteiger partial charge in [-0.25, -0.2) is 0 Å². The lowest BCUT2D eigenvalue weighted by atomic mass is 9.53. The molecule has 6 nitrogen and oxygen atoms in total. The van der Waals surface area contributed by atoms with Crippen LogP contribution in [-0.2, 0) is 11.8 Å². The zero-order valence-electron chi connectivity index (χ0n) is 17.1. The fourth-order valence-electron chi connectivity index (χ4n) is 6.94. The molecular formula is C25H22N2O4. The first kappa shape index (κ1) is 17.5. The maximum absolute atomic E-state index is 13.3. The van der Waals surface area contributed by atoms with Crippen molar-refractivity contribution in [2.45, 2.75) is 36.4 Å². The summed E-state index contributed by atoms with van der Waals surface area (Å²) in [6, 6.07) is 10.5. The van der Waals surface area contributed by atoms with Crippen molar-refractivity contribution in [3.05, 3.63) is 70.8 Å². The van der Waals surface area contributed by atoms with Crippen molar-refractivity contribution < 1.29 is 19.4 Å². The number of carbonyl (C=O) groups is 2. The number of hydrogen-bond acceptors (Lipinski definition) is 5.